The van der Waals surface area contributed by atoms with Crippen molar-refractivity contribution < 1.29 is 9.53 Å². The quantitative estimate of drug-likeness (QED) is 0.749. The third-order valence-electron chi connectivity index (χ3n) is 1.85. The zero-order valence-electron chi connectivity index (χ0n) is 9.12. The maximum atomic E-state index is 11.0. The summed E-state index contributed by atoms with van der Waals surface area (Å²) in [5, 5.41) is 3.05. The van der Waals surface area contributed by atoms with Crippen molar-refractivity contribution in [3.63, 3.8) is 0 Å². The lowest BCUT2D eigenvalue weighted by Gasteiger charge is -2.05. The van der Waals surface area contributed by atoms with Gasteiger partial charge in [-0.2, -0.15) is 0 Å². The lowest BCUT2D eigenvalue weighted by Crippen LogP contribution is -2.11. The molecular weight excluding hydrogens is 192 g/mol. The van der Waals surface area contributed by atoms with Crippen molar-refractivity contribution in [2.24, 2.45) is 0 Å². The normalized spacial score (nSPS) is 9.73. The molecule has 0 radical (unpaired) electrons. The maximum absolute atomic E-state index is 11.0. The summed E-state index contributed by atoms with van der Waals surface area (Å²) < 4.78 is 4.80. The van der Waals surface area contributed by atoms with E-state index in [1.807, 2.05) is 19.1 Å². The first-order chi connectivity index (χ1) is 7.22. The smallest absolute Gasteiger partial charge is 0.307 e. The lowest BCUT2D eigenvalue weighted by molar-refractivity contribution is -0.142. The molecule has 0 aromatic carbocycles. The Morgan fingerprint density at radius 1 is 1.53 bits per heavy atom. The number of nitrogens with one attached hydrogen (secondary N) is 1. The van der Waals surface area contributed by atoms with E-state index in [1.165, 1.54) is 0 Å². The molecule has 1 aromatic heterocycles. The second kappa shape index (κ2) is 6.01. The van der Waals surface area contributed by atoms with Crippen LogP contribution in [0, 0.1) is 6.92 Å². The molecular formula is C11H16N2O2. The van der Waals surface area contributed by atoms with Gasteiger partial charge in [-0.1, -0.05) is 6.07 Å². The predicted octanol–water partition coefficient (Wildman–Crippen LogP) is 1.76. The average molecular weight is 208 g/mol. The molecule has 0 unspecified atom stereocenters. The number of hydrogen-bond acceptors (Lipinski definition) is 4. The molecule has 4 heteroatoms. The standard InChI is InChI=1S/C11H16N2O2/c1-3-15-11(14)6-7-12-10-5-4-9(2)8-13-10/h4-5,8H,3,6-7H2,1-2H3,(H,12,13). The summed E-state index contributed by atoms with van der Waals surface area (Å²) in [6.07, 6.45) is 2.15. The number of ether oxygens (including phenoxy) is 1. The minimum absolute atomic E-state index is 0.183. The molecule has 0 aliphatic carbocycles. The van der Waals surface area contributed by atoms with Crippen LogP contribution in [-0.4, -0.2) is 24.1 Å². The van der Waals surface area contributed by atoms with Crippen molar-refractivity contribution in [3.05, 3.63) is 23.9 Å². The van der Waals surface area contributed by atoms with E-state index in [2.05, 4.69) is 10.3 Å². The summed E-state index contributed by atoms with van der Waals surface area (Å²) in [7, 11) is 0. The van der Waals surface area contributed by atoms with E-state index in [9.17, 15) is 4.79 Å². The molecule has 0 bridgehead atoms. The molecule has 0 aliphatic heterocycles. The molecule has 0 saturated heterocycles. The minimum atomic E-state index is -0.183. The van der Waals surface area contributed by atoms with Gasteiger partial charge in [-0.15, -0.1) is 0 Å². The topological polar surface area (TPSA) is 51.2 Å². The monoisotopic (exact) mass is 208 g/mol. The molecule has 0 atom stereocenters. The Kier molecular flexibility index (Phi) is 4.60. The second-order valence-corrected chi connectivity index (χ2v) is 3.20. The van der Waals surface area contributed by atoms with Gasteiger partial charge in [0.1, 0.15) is 5.82 Å². The number of aromatic nitrogens is 1. The van der Waals surface area contributed by atoms with Crippen LogP contribution in [0.4, 0.5) is 5.82 Å². The molecule has 1 heterocycles. The van der Waals surface area contributed by atoms with Crippen molar-refractivity contribution in [1.29, 1.82) is 0 Å². The fourth-order valence-electron chi connectivity index (χ4n) is 1.10. The van der Waals surface area contributed by atoms with Crippen molar-refractivity contribution in [3.8, 4) is 0 Å². The Bertz CT molecular complexity index is 309. The van der Waals surface area contributed by atoms with Gasteiger partial charge in [-0.25, -0.2) is 4.98 Å². The third kappa shape index (κ3) is 4.44. The Hall–Kier alpha value is -1.58. The van der Waals surface area contributed by atoms with Gasteiger partial charge in [0.2, 0.25) is 0 Å². The molecule has 0 aliphatic rings. The summed E-state index contributed by atoms with van der Waals surface area (Å²) >= 11 is 0. The summed E-state index contributed by atoms with van der Waals surface area (Å²) in [5.41, 5.74) is 1.12. The molecule has 0 fully saturated rings. The van der Waals surface area contributed by atoms with Gasteiger partial charge >= 0.3 is 5.97 Å². The van der Waals surface area contributed by atoms with Gasteiger partial charge in [-0.05, 0) is 25.5 Å². The minimum Gasteiger partial charge on any atom is -0.466 e. The maximum Gasteiger partial charge on any atom is 0.307 e. The Morgan fingerprint density at radius 3 is 2.93 bits per heavy atom. The van der Waals surface area contributed by atoms with Gasteiger partial charge < -0.3 is 10.1 Å². The van der Waals surface area contributed by atoms with E-state index in [-0.39, 0.29) is 5.97 Å². The highest BCUT2D eigenvalue weighted by Gasteiger charge is 2.00. The summed E-state index contributed by atoms with van der Waals surface area (Å²) in [4.78, 5) is 15.2. The number of hydrogen-bond donors (Lipinski definition) is 1. The lowest BCUT2D eigenvalue weighted by atomic mass is 10.3. The zero-order valence-corrected chi connectivity index (χ0v) is 9.12. The molecule has 82 valence electrons. The number of carbonyl (C=O) groups is 1. The Labute approximate surface area is 89.7 Å². The van der Waals surface area contributed by atoms with E-state index in [4.69, 9.17) is 4.74 Å². The van der Waals surface area contributed by atoms with Gasteiger partial charge in [-0.3, -0.25) is 4.79 Å². The molecule has 1 aromatic rings. The first-order valence-electron chi connectivity index (χ1n) is 5.04. The SMILES string of the molecule is CCOC(=O)CCNc1ccc(C)cn1. The molecule has 0 spiro atoms. The largest absolute Gasteiger partial charge is 0.466 e. The fourth-order valence-corrected chi connectivity index (χ4v) is 1.10. The number of rotatable bonds is 5. The summed E-state index contributed by atoms with van der Waals surface area (Å²) in [5.74, 6) is 0.599. The van der Waals surface area contributed by atoms with E-state index in [0.29, 0.717) is 19.6 Å². The number of anilines is 1. The average Bonchev–Trinajstić information content (AvgIpc) is 2.21. The van der Waals surface area contributed by atoms with Crippen LogP contribution in [0.5, 0.6) is 0 Å². The number of aryl methyl sites for hydroxylation is 1. The zero-order chi connectivity index (χ0) is 11.1. The molecule has 0 saturated carbocycles. The van der Waals surface area contributed by atoms with Crippen LogP contribution in [0.2, 0.25) is 0 Å². The highest BCUT2D eigenvalue weighted by Crippen LogP contribution is 2.03. The number of carbonyl (C=O) groups excluding carboxylic acids is 1. The molecule has 1 rings (SSSR count). The number of pyridine rings is 1. The van der Waals surface area contributed by atoms with E-state index < -0.39 is 0 Å². The van der Waals surface area contributed by atoms with Crippen LogP contribution in [0.1, 0.15) is 18.9 Å². The number of esters is 1. The highest BCUT2D eigenvalue weighted by atomic mass is 16.5. The van der Waals surface area contributed by atoms with Crippen molar-refractivity contribution in [2.75, 3.05) is 18.5 Å². The van der Waals surface area contributed by atoms with Gasteiger partial charge in [0.05, 0.1) is 13.0 Å². The Balaban J connectivity index is 2.26. The molecule has 4 nitrogen and oxygen atoms in total. The fraction of sp³-hybridized carbons (Fsp3) is 0.455. The van der Waals surface area contributed by atoms with Gasteiger partial charge in [0.25, 0.3) is 0 Å². The summed E-state index contributed by atoms with van der Waals surface area (Å²) in [6, 6.07) is 3.86. The van der Waals surface area contributed by atoms with Gasteiger partial charge in [0.15, 0.2) is 0 Å². The van der Waals surface area contributed by atoms with E-state index in [0.717, 1.165) is 11.4 Å². The van der Waals surface area contributed by atoms with Crippen LogP contribution in [0.3, 0.4) is 0 Å². The molecule has 1 N–H and O–H groups in total. The van der Waals surface area contributed by atoms with E-state index >= 15 is 0 Å². The first kappa shape index (κ1) is 11.5. The third-order valence-corrected chi connectivity index (χ3v) is 1.85. The predicted molar refractivity (Wildman–Crippen MR) is 58.7 cm³/mol. The van der Waals surface area contributed by atoms with Crippen LogP contribution in [0.15, 0.2) is 18.3 Å². The van der Waals surface area contributed by atoms with Crippen LogP contribution in [-0.2, 0) is 9.53 Å². The van der Waals surface area contributed by atoms with Crippen molar-refractivity contribution >= 4 is 11.8 Å². The molecule has 0 amide bonds. The Morgan fingerprint density at radius 2 is 2.33 bits per heavy atom. The van der Waals surface area contributed by atoms with Crippen molar-refractivity contribution in [2.45, 2.75) is 20.3 Å². The van der Waals surface area contributed by atoms with Crippen LogP contribution >= 0.6 is 0 Å². The second-order valence-electron chi connectivity index (χ2n) is 3.20. The van der Waals surface area contributed by atoms with Gasteiger partial charge in [0, 0.05) is 12.7 Å². The van der Waals surface area contributed by atoms with Crippen LogP contribution in [0.25, 0.3) is 0 Å². The highest BCUT2D eigenvalue weighted by molar-refractivity contribution is 5.69. The first-order valence-corrected chi connectivity index (χ1v) is 5.04. The molecule has 15 heavy (non-hydrogen) atoms. The number of nitrogens with zero attached hydrogens (tertiary/aromatic N) is 1. The van der Waals surface area contributed by atoms with Crippen LogP contribution < -0.4 is 5.32 Å². The summed E-state index contributed by atoms with van der Waals surface area (Å²) in [6.45, 7) is 4.76. The van der Waals surface area contributed by atoms with E-state index in [1.54, 1.807) is 13.1 Å². The van der Waals surface area contributed by atoms with Crippen molar-refractivity contribution in [1.82, 2.24) is 4.98 Å².